The molecule has 0 spiro atoms. The molecule has 0 aromatic rings. The van der Waals surface area contributed by atoms with Gasteiger partial charge in [0.25, 0.3) is 0 Å². The zero-order valence-corrected chi connectivity index (χ0v) is 20.3. The molecule has 0 aromatic carbocycles. The topological polar surface area (TPSA) is 46.4 Å². The zero-order valence-electron chi connectivity index (χ0n) is 17.3. The van der Waals surface area contributed by atoms with Crippen molar-refractivity contribution in [1.82, 2.24) is 0 Å². The number of hydrogen-bond acceptors (Lipinski definition) is 4. The quantitative estimate of drug-likeness (QED) is 0.297. The van der Waals surface area contributed by atoms with Crippen LogP contribution in [0, 0.1) is 17.3 Å². The molecule has 154 valence electrons. The lowest BCUT2D eigenvalue weighted by Crippen LogP contribution is -3.00. The molecule has 0 radical (unpaired) electrons. The Morgan fingerprint density at radius 3 is 2.33 bits per heavy atom. The third-order valence-electron chi connectivity index (χ3n) is 5.97. The number of rotatable bonds is 7. The van der Waals surface area contributed by atoms with Gasteiger partial charge in [0, 0.05) is 12.3 Å². The lowest BCUT2D eigenvalue weighted by Gasteiger charge is -2.41. The number of carbonyl (C=O) groups excluding carboxylic acids is 2. The minimum absolute atomic E-state index is 0. The van der Waals surface area contributed by atoms with Gasteiger partial charge in [-0.3, -0.25) is 9.59 Å². The average molecular weight is 507 g/mol. The summed E-state index contributed by atoms with van der Waals surface area (Å²) >= 11 is 1.36. The molecule has 0 saturated heterocycles. The molecule has 0 N–H and O–H groups in total. The van der Waals surface area contributed by atoms with Crippen LogP contribution >= 0.6 is 11.8 Å². The fourth-order valence-corrected chi connectivity index (χ4v) is 5.66. The van der Waals surface area contributed by atoms with Gasteiger partial charge < -0.3 is 28.7 Å². The molecule has 1 aliphatic heterocycles. The molecule has 27 heavy (non-hydrogen) atoms. The Kier molecular flexibility index (Phi) is 10.0. The molecule has 2 aliphatic rings. The molecule has 6 heteroatoms. The van der Waals surface area contributed by atoms with Gasteiger partial charge in [0.15, 0.2) is 17.3 Å². The molecular formula is C21H34INO3S. The number of allylic oxidation sites excluding steroid dienone is 1. The molecule has 2 atom stereocenters. The van der Waals surface area contributed by atoms with Gasteiger partial charge in [-0.15, -0.1) is 0 Å². The van der Waals surface area contributed by atoms with Crippen LogP contribution in [-0.4, -0.2) is 41.3 Å². The second kappa shape index (κ2) is 11.0. The van der Waals surface area contributed by atoms with Crippen LogP contribution in [0.1, 0.15) is 66.2 Å². The molecule has 1 fully saturated rings. The lowest BCUT2D eigenvalue weighted by molar-refractivity contribution is -0.450. The van der Waals surface area contributed by atoms with Crippen molar-refractivity contribution in [3.63, 3.8) is 0 Å². The highest BCUT2D eigenvalue weighted by Crippen LogP contribution is 2.51. The Morgan fingerprint density at radius 1 is 1.22 bits per heavy atom. The van der Waals surface area contributed by atoms with Crippen LogP contribution in [-0.2, 0) is 14.3 Å². The molecule has 0 amide bonds. The van der Waals surface area contributed by atoms with Crippen LogP contribution in [0.3, 0.4) is 0 Å². The molecular weight excluding hydrogens is 473 g/mol. The molecule has 0 bridgehead atoms. The molecule has 1 aliphatic carbocycles. The van der Waals surface area contributed by atoms with E-state index in [1.807, 2.05) is 25.5 Å². The number of esters is 1. The fraction of sp³-hybridized carbons (Fsp3) is 0.762. The van der Waals surface area contributed by atoms with Crippen molar-refractivity contribution in [2.24, 2.45) is 17.3 Å². The van der Waals surface area contributed by atoms with E-state index in [1.54, 1.807) is 0 Å². The maximum atomic E-state index is 13.3. The molecule has 1 saturated carbocycles. The highest BCUT2D eigenvalue weighted by molar-refractivity contribution is 8.14. The predicted molar refractivity (Wildman–Crippen MR) is 108 cm³/mol. The Balaban J connectivity index is 0.00000364. The van der Waals surface area contributed by atoms with Crippen molar-refractivity contribution in [3.8, 4) is 0 Å². The van der Waals surface area contributed by atoms with Gasteiger partial charge in [-0.2, -0.15) is 0 Å². The van der Waals surface area contributed by atoms with Crippen LogP contribution in [0.4, 0.5) is 0 Å². The third kappa shape index (κ3) is 4.62. The van der Waals surface area contributed by atoms with Crippen LogP contribution in [0.2, 0.25) is 0 Å². The summed E-state index contributed by atoms with van der Waals surface area (Å²) in [5.74, 6) is 0.760. The lowest BCUT2D eigenvalue weighted by atomic mass is 9.61. The molecule has 1 heterocycles. The van der Waals surface area contributed by atoms with Gasteiger partial charge in [-0.25, -0.2) is 4.58 Å². The molecule has 2 rings (SSSR count). The summed E-state index contributed by atoms with van der Waals surface area (Å²) in [6.07, 6.45) is 8.02. The van der Waals surface area contributed by atoms with Gasteiger partial charge in [0.2, 0.25) is 5.12 Å². The van der Waals surface area contributed by atoms with Gasteiger partial charge in [-0.05, 0) is 37.9 Å². The molecule has 4 nitrogen and oxygen atoms in total. The van der Waals surface area contributed by atoms with Gasteiger partial charge in [-0.1, -0.05) is 45.4 Å². The fourth-order valence-electron chi connectivity index (χ4n) is 4.98. The largest absolute Gasteiger partial charge is 1.00 e. The summed E-state index contributed by atoms with van der Waals surface area (Å²) in [5, 5.41) is 0.128. The Hall–Kier alpha value is -0.370. The van der Waals surface area contributed by atoms with Gasteiger partial charge >= 0.3 is 5.97 Å². The van der Waals surface area contributed by atoms with E-state index < -0.39 is 5.41 Å². The highest BCUT2D eigenvalue weighted by Gasteiger charge is 2.59. The first-order valence-corrected chi connectivity index (χ1v) is 11.1. The van der Waals surface area contributed by atoms with E-state index in [0.717, 1.165) is 55.5 Å². The van der Waals surface area contributed by atoms with E-state index in [4.69, 9.17) is 4.74 Å². The minimum atomic E-state index is -0.714. The minimum Gasteiger partial charge on any atom is -1.00 e. The number of thioether (sulfide) groups is 1. The predicted octanol–water partition coefficient (Wildman–Crippen LogP) is 1.43. The average Bonchev–Trinajstić information content (AvgIpc) is 3.15. The van der Waals surface area contributed by atoms with E-state index in [1.165, 1.54) is 11.8 Å². The van der Waals surface area contributed by atoms with Crippen molar-refractivity contribution >= 4 is 29.1 Å². The second-order valence-corrected chi connectivity index (χ2v) is 8.51. The number of hydrogen-bond donors (Lipinski definition) is 0. The Labute approximate surface area is 185 Å². The first-order chi connectivity index (χ1) is 12.5. The van der Waals surface area contributed by atoms with Crippen LogP contribution in [0.15, 0.2) is 11.3 Å². The van der Waals surface area contributed by atoms with Crippen LogP contribution in [0.25, 0.3) is 0 Å². The maximum Gasteiger partial charge on any atom is 0.323 e. The number of nitrogens with zero attached hydrogens (tertiary/aromatic N) is 1. The summed E-state index contributed by atoms with van der Waals surface area (Å²) in [7, 11) is 1.98. The van der Waals surface area contributed by atoms with E-state index in [9.17, 15) is 9.59 Å². The van der Waals surface area contributed by atoms with Crippen molar-refractivity contribution in [2.45, 2.75) is 66.2 Å². The van der Waals surface area contributed by atoms with Crippen molar-refractivity contribution in [1.29, 1.82) is 0 Å². The zero-order chi connectivity index (χ0) is 19.3. The third-order valence-corrected chi connectivity index (χ3v) is 6.74. The molecule has 0 aromatic heterocycles. The van der Waals surface area contributed by atoms with Crippen molar-refractivity contribution < 1.29 is 42.9 Å². The highest BCUT2D eigenvalue weighted by atomic mass is 127. The monoisotopic (exact) mass is 507 g/mol. The smallest absolute Gasteiger partial charge is 0.323 e. The van der Waals surface area contributed by atoms with E-state index >= 15 is 0 Å². The summed E-state index contributed by atoms with van der Waals surface area (Å²) in [6.45, 7) is 8.43. The normalized spacial score (nSPS) is 25.8. The van der Waals surface area contributed by atoms with Gasteiger partial charge in [0.05, 0.1) is 12.2 Å². The van der Waals surface area contributed by atoms with E-state index in [-0.39, 0.29) is 46.9 Å². The number of carbonyl (C=O) groups is 2. The maximum absolute atomic E-state index is 13.3. The first kappa shape index (κ1) is 24.7. The van der Waals surface area contributed by atoms with Crippen LogP contribution in [0.5, 0.6) is 0 Å². The van der Waals surface area contributed by atoms with E-state index in [0.29, 0.717) is 6.61 Å². The molecule has 2 unspecified atom stereocenters. The number of ether oxygens (including phenoxy) is 1. The van der Waals surface area contributed by atoms with E-state index in [2.05, 4.69) is 20.1 Å². The van der Waals surface area contributed by atoms with Crippen molar-refractivity contribution in [3.05, 3.63) is 11.3 Å². The Bertz CT molecular complexity index is 611. The standard InChI is InChI=1S/C21H34NO3S.HI/c1-6-16-18(19(23)26-9-4)17(7-2)22(5)14-21(16,20(24)25-8-3)15-12-10-11-13-15;/h14-16H,6-13H2,1-5H3;1H/q+1;/p-1. The number of halogens is 1. The van der Waals surface area contributed by atoms with Crippen LogP contribution < -0.4 is 24.0 Å². The van der Waals surface area contributed by atoms with Crippen molar-refractivity contribution in [2.75, 3.05) is 19.4 Å². The summed E-state index contributed by atoms with van der Waals surface area (Å²) in [5.41, 5.74) is 1.20. The first-order valence-electron chi connectivity index (χ1n) is 10.1. The van der Waals surface area contributed by atoms with Gasteiger partial charge in [0.1, 0.15) is 7.05 Å². The summed E-state index contributed by atoms with van der Waals surface area (Å²) in [6, 6.07) is 0. The second-order valence-electron chi connectivity index (χ2n) is 7.27. The summed E-state index contributed by atoms with van der Waals surface area (Å²) in [4.78, 5) is 26.4. The SMILES string of the molecule is CCOC(=O)C1(C2CCCC2)C=[N+](C)C(CC)=C(C(=O)SCC)C1CC.[I-]. The Morgan fingerprint density at radius 2 is 1.85 bits per heavy atom. The summed E-state index contributed by atoms with van der Waals surface area (Å²) < 4.78 is 7.64.